The van der Waals surface area contributed by atoms with Crippen LogP contribution in [0, 0.1) is 5.92 Å². The van der Waals surface area contributed by atoms with Crippen molar-refractivity contribution in [3.63, 3.8) is 0 Å². The Morgan fingerprint density at radius 3 is 2.58 bits per heavy atom. The highest BCUT2D eigenvalue weighted by molar-refractivity contribution is 9.11. The summed E-state index contributed by atoms with van der Waals surface area (Å²) in [7, 11) is 0. The van der Waals surface area contributed by atoms with E-state index in [0.717, 1.165) is 3.79 Å². The van der Waals surface area contributed by atoms with E-state index in [-0.39, 0.29) is 24.1 Å². The maximum atomic E-state index is 12.2. The molecule has 1 N–H and O–H groups in total. The molecule has 2 aromatic heterocycles. The van der Waals surface area contributed by atoms with Crippen LogP contribution in [0.15, 0.2) is 38.7 Å². The topological polar surface area (TPSA) is 85.6 Å². The number of rotatable bonds is 7. The SMILES string of the molecule is CC(C)[C@H](NC(=O)c1ccco1)C(=O)OCC(=O)c1ccc(Br)s1. The van der Waals surface area contributed by atoms with Crippen molar-refractivity contribution in [1.29, 1.82) is 0 Å². The van der Waals surface area contributed by atoms with Crippen molar-refractivity contribution >= 4 is 44.9 Å². The van der Waals surface area contributed by atoms with E-state index >= 15 is 0 Å². The second kappa shape index (κ2) is 8.25. The standard InChI is InChI=1S/C16H16BrNO5S/c1-9(2)14(18-15(20)11-4-3-7-22-11)16(21)23-8-10(19)12-5-6-13(17)24-12/h3-7,9,14H,8H2,1-2H3,(H,18,20)/t14-/m0/s1. The lowest BCUT2D eigenvalue weighted by molar-refractivity contribution is -0.145. The molecule has 1 amide bonds. The largest absolute Gasteiger partial charge is 0.459 e. The van der Waals surface area contributed by atoms with Crippen molar-refractivity contribution in [1.82, 2.24) is 5.32 Å². The Morgan fingerprint density at radius 1 is 1.29 bits per heavy atom. The molecule has 2 rings (SSSR count). The van der Waals surface area contributed by atoms with Crippen LogP contribution in [0.5, 0.6) is 0 Å². The second-order valence-electron chi connectivity index (χ2n) is 5.31. The van der Waals surface area contributed by atoms with Crippen LogP contribution in [0.1, 0.15) is 34.1 Å². The number of esters is 1. The number of ether oxygens (including phenoxy) is 1. The van der Waals surface area contributed by atoms with Crippen LogP contribution in [-0.4, -0.2) is 30.3 Å². The molecule has 24 heavy (non-hydrogen) atoms. The number of ketones is 1. The average molecular weight is 414 g/mol. The maximum absolute atomic E-state index is 12.2. The molecule has 1 atom stereocenters. The summed E-state index contributed by atoms with van der Waals surface area (Å²) in [6.07, 6.45) is 1.37. The number of halogens is 1. The molecule has 6 nitrogen and oxygen atoms in total. The van der Waals surface area contributed by atoms with Crippen molar-refractivity contribution in [2.75, 3.05) is 6.61 Å². The quantitative estimate of drug-likeness (QED) is 0.555. The second-order valence-corrected chi connectivity index (χ2v) is 7.77. The van der Waals surface area contributed by atoms with Gasteiger partial charge in [0.25, 0.3) is 5.91 Å². The molecule has 0 spiro atoms. The van der Waals surface area contributed by atoms with E-state index in [1.807, 2.05) is 0 Å². The Morgan fingerprint density at radius 2 is 2.04 bits per heavy atom. The van der Waals surface area contributed by atoms with Gasteiger partial charge in [-0.2, -0.15) is 0 Å². The lowest BCUT2D eigenvalue weighted by atomic mass is 10.0. The number of furan rings is 1. The molecule has 0 radical (unpaired) electrons. The van der Waals surface area contributed by atoms with Gasteiger partial charge in [0.2, 0.25) is 5.78 Å². The third-order valence-electron chi connectivity index (χ3n) is 3.15. The number of hydrogen-bond donors (Lipinski definition) is 1. The zero-order chi connectivity index (χ0) is 17.7. The highest BCUT2D eigenvalue weighted by Gasteiger charge is 2.27. The number of hydrogen-bond acceptors (Lipinski definition) is 6. The van der Waals surface area contributed by atoms with Gasteiger partial charge in [0, 0.05) is 0 Å². The van der Waals surface area contributed by atoms with E-state index < -0.39 is 17.9 Å². The summed E-state index contributed by atoms with van der Waals surface area (Å²) in [6.45, 7) is 3.17. The van der Waals surface area contributed by atoms with Gasteiger partial charge in [-0.3, -0.25) is 9.59 Å². The van der Waals surface area contributed by atoms with Gasteiger partial charge in [-0.25, -0.2) is 4.79 Å². The molecule has 0 fully saturated rings. The first kappa shape index (κ1) is 18.4. The fraction of sp³-hybridized carbons (Fsp3) is 0.312. The lowest BCUT2D eigenvalue weighted by Crippen LogP contribution is -2.45. The molecule has 0 aliphatic rings. The third kappa shape index (κ3) is 4.78. The monoisotopic (exact) mass is 413 g/mol. The molecular weight excluding hydrogens is 398 g/mol. The van der Waals surface area contributed by atoms with Gasteiger partial charge in [-0.15, -0.1) is 11.3 Å². The summed E-state index contributed by atoms with van der Waals surface area (Å²) in [5, 5.41) is 2.56. The number of carbonyl (C=O) groups excluding carboxylic acids is 3. The Kier molecular flexibility index (Phi) is 6.33. The Labute approximate surface area is 151 Å². The van der Waals surface area contributed by atoms with Crippen molar-refractivity contribution in [2.24, 2.45) is 5.92 Å². The summed E-state index contributed by atoms with van der Waals surface area (Å²) in [6, 6.07) is 5.61. The molecule has 0 unspecified atom stereocenters. The van der Waals surface area contributed by atoms with Crippen molar-refractivity contribution in [2.45, 2.75) is 19.9 Å². The summed E-state index contributed by atoms with van der Waals surface area (Å²) < 4.78 is 10.9. The lowest BCUT2D eigenvalue weighted by Gasteiger charge is -2.20. The predicted octanol–water partition coefficient (Wildman–Crippen LogP) is 3.28. The number of nitrogens with one attached hydrogen (secondary N) is 1. The molecule has 2 aromatic rings. The van der Waals surface area contributed by atoms with E-state index in [2.05, 4.69) is 21.2 Å². The minimum Gasteiger partial charge on any atom is -0.459 e. The van der Waals surface area contributed by atoms with Crippen LogP contribution in [0.3, 0.4) is 0 Å². The smallest absolute Gasteiger partial charge is 0.329 e. The van der Waals surface area contributed by atoms with Crippen LogP contribution in [-0.2, 0) is 9.53 Å². The van der Waals surface area contributed by atoms with Crippen LogP contribution < -0.4 is 5.32 Å². The fourth-order valence-electron chi connectivity index (χ4n) is 1.88. The zero-order valence-electron chi connectivity index (χ0n) is 13.1. The van der Waals surface area contributed by atoms with Gasteiger partial charge >= 0.3 is 5.97 Å². The highest BCUT2D eigenvalue weighted by atomic mass is 79.9. The molecule has 2 heterocycles. The third-order valence-corrected chi connectivity index (χ3v) is 4.81. The van der Waals surface area contributed by atoms with Gasteiger partial charge in [-0.1, -0.05) is 13.8 Å². The Hall–Kier alpha value is -1.93. The van der Waals surface area contributed by atoms with Crippen molar-refractivity contribution in [3.05, 3.63) is 45.0 Å². The van der Waals surface area contributed by atoms with E-state index in [0.29, 0.717) is 4.88 Å². The first-order valence-electron chi connectivity index (χ1n) is 7.18. The number of amides is 1. The van der Waals surface area contributed by atoms with Crippen LogP contribution >= 0.6 is 27.3 Å². The van der Waals surface area contributed by atoms with E-state index in [1.54, 1.807) is 32.0 Å². The van der Waals surface area contributed by atoms with Gasteiger partial charge < -0.3 is 14.5 Å². The number of carbonyl (C=O) groups is 3. The van der Waals surface area contributed by atoms with Crippen LogP contribution in [0.4, 0.5) is 0 Å². The minimum absolute atomic E-state index is 0.105. The van der Waals surface area contributed by atoms with Gasteiger partial charge in [0.1, 0.15) is 6.04 Å². The van der Waals surface area contributed by atoms with Crippen molar-refractivity contribution < 1.29 is 23.5 Å². The Balaban J connectivity index is 1.94. The molecular formula is C16H16BrNO5S. The van der Waals surface area contributed by atoms with E-state index in [4.69, 9.17) is 9.15 Å². The van der Waals surface area contributed by atoms with Crippen LogP contribution in [0.25, 0.3) is 0 Å². The molecule has 0 aromatic carbocycles. The fourth-order valence-corrected chi connectivity index (χ4v) is 3.19. The van der Waals surface area contributed by atoms with Crippen molar-refractivity contribution in [3.8, 4) is 0 Å². The summed E-state index contributed by atoms with van der Waals surface area (Å²) in [5.74, 6) is -1.56. The minimum atomic E-state index is -0.870. The molecule has 0 aliphatic carbocycles. The van der Waals surface area contributed by atoms with Gasteiger partial charge in [0.05, 0.1) is 14.9 Å². The van der Waals surface area contributed by atoms with E-state index in [1.165, 1.54) is 23.7 Å². The molecule has 0 saturated heterocycles. The molecule has 128 valence electrons. The zero-order valence-corrected chi connectivity index (χ0v) is 15.5. The predicted molar refractivity (Wildman–Crippen MR) is 92.1 cm³/mol. The molecule has 0 bridgehead atoms. The maximum Gasteiger partial charge on any atom is 0.329 e. The van der Waals surface area contributed by atoms with Gasteiger partial charge in [0.15, 0.2) is 12.4 Å². The number of Topliss-reactive ketones (excluding diaryl/α,β-unsaturated/α-hetero) is 1. The summed E-state index contributed by atoms with van der Waals surface area (Å²) >= 11 is 4.54. The number of thiophene rings is 1. The first-order valence-corrected chi connectivity index (χ1v) is 8.79. The summed E-state index contributed by atoms with van der Waals surface area (Å²) in [5.41, 5.74) is 0. The van der Waals surface area contributed by atoms with Gasteiger partial charge in [-0.05, 0) is 46.1 Å². The molecule has 8 heteroatoms. The molecule has 0 saturated carbocycles. The first-order chi connectivity index (χ1) is 11.4. The summed E-state index contributed by atoms with van der Waals surface area (Å²) in [4.78, 5) is 36.7. The molecule has 0 aliphatic heterocycles. The normalized spacial score (nSPS) is 12.0. The Bertz CT molecular complexity index is 723. The van der Waals surface area contributed by atoms with E-state index in [9.17, 15) is 14.4 Å². The van der Waals surface area contributed by atoms with Crippen LogP contribution in [0.2, 0.25) is 0 Å². The highest BCUT2D eigenvalue weighted by Crippen LogP contribution is 2.22. The average Bonchev–Trinajstić information content (AvgIpc) is 3.20.